The second-order valence-electron chi connectivity index (χ2n) is 9.12. The molecule has 2 aromatic heterocycles. The van der Waals surface area contributed by atoms with Gasteiger partial charge in [-0.1, -0.05) is 44.9 Å². The van der Waals surface area contributed by atoms with Crippen LogP contribution < -0.4 is 16.4 Å². The van der Waals surface area contributed by atoms with Crippen LogP contribution in [0.4, 0.5) is 16.5 Å². The lowest BCUT2D eigenvalue weighted by atomic mass is 9.82. The van der Waals surface area contributed by atoms with Crippen molar-refractivity contribution in [2.45, 2.75) is 52.0 Å². The highest BCUT2D eigenvalue weighted by molar-refractivity contribution is 7.14. The molecule has 0 saturated heterocycles. The Kier molecular flexibility index (Phi) is 8.13. The molecule has 36 heavy (non-hydrogen) atoms. The number of pyridine rings is 1. The van der Waals surface area contributed by atoms with Gasteiger partial charge in [-0.25, -0.2) is 4.98 Å². The maximum Gasteiger partial charge on any atom is 0.255 e. The first-order valence-electron chi connectivity index (χ1n) is 12.4. The van der Waals surface area contributed by atoms with Crippen molar-refractivity contribution in [1.82, 2.24) is 9.97 Å². The molecular weight excluding hydrogens is 466 g/mol. The predicted octanol–water partition coefficient (Wildman–Crippen LogP) is 7.26. The zero-order valence-corrected chi connectivity index (χ0v) is 21.9. The number of carbonyl (C=O) groups is 1. The molecule has 1 amide bonds. The van der Waals surface area contributed by atoms with Crippen molar-refractivity contribution >= 4 is 33.8 Å². The summed E-state index contributed by atoms with van der Waals surface area (Å²) in [7, 11) is 0. The van der Waals surface area contributed by atoms with E-state index >= 15 is 0 Å². The van der Waals surface area contributed by atoms with Crippen LogP contribution in [-0.2, 0) is 5.54 Å². The quantitative estimate of drug-likeness (QED) is 0.213. The van der Waals surface area contributed by atoms with Crippen LogP contribution in [0.25, 0.3) is 11.3 Å². The number of carbonyl (C=O) groups excluding carboxylic acids is 1. The highest BCUT2D eigenvalue weighted by Gasteiger charge is 2.25. The Morgan fingerprint density at radius 2 is 1.81 bits per heavy atom. The molecule has 7 heteroatoms. The number of nitrogens with zero attached hydrogens (tertiary/aromatic N) is 2. The smallest absolute Gasteiger partial charge is 0.255 e. The first-order chi connectivity index (χ1) is 17.4. The zero-order chi connectivity index (χ0) is 25.5. The van der Waals surface area contributed by atoms with Crippen molar-refractivity contribution in [1.29, 1.82) is 0 Å². The molecule has 0 aliphatic carbocycles. The fourth-order valence-corrected chi connectivity index (χ4v) is 5.12. The van der Waals surface area contributed by atoms with E-state index in [1.165, 1.54) is 11.3 Å². The van der Waals surface area contributed by atoms with Crippen LogP contribution >= 0.6 is 11.3 Å². The number of rotatable bonds is 10. The van der Waals surface area contributed by atoms with Crippen LogP contribution in [0, 0.1) is 6.92 Å². The van der Waals surface area contributed by atoms with Crippen LogP contribution in [0.3, 0.4) is 0 Å². The molecule has 0 aliphatic rings. The lowest BCUT2D eigenvalue weighted by molar-refractivity contribution is 0.102. The van der Waals surface area contributed by atoms with Gasteiger partial charge in [0.05, 0.1) is 5.69 Å². The van der Waals surface area contributed by atoms with Gasteiger partial charge >= 0.3 is 0 Å². The van der Waals surface area contributed by atoms with Gasteiger partial charge in [0.15, 0.2) is 5.13 Å². The van der Waals surface area contributed by atoms with Gasteiger partial charge < -0.3 is 16.4 Å². The number of benzene rings is 2. The average Bonchev–Trinajstić information content (AvgIpc) is 3.35. The van der Waals surface area contributed by atoms with Crippen molar-refractivity contribution in [3.05, 3.63) is 89.1 Å². The molecule has 2 heterocycles. The van der Waals surface area contributed by atoms with E-state index in [9.17, 15) is 4.79 Å². The first kappa shape index (κ1) is 25.5. The lowest BCUT2D eigenvalue weighted by Gasteiger charge is -2.29. The van der Waals surface area contributed by atoms with E-state index in [2.05, 4.69) is 34.4 Å². The number of nitrogens with two attached hydrogens (primary N) is 1. The van der Waals surface area contributed by atoms with Gasteiger partial charge in [0.1, 0.15) is 0 Å². The van der Waals surface area contributed by atoms with Crippen molar-refractivity contribution in [2.24, 2.45) is 5.73 Å². The highest BCUT2D eigenvalue weighted by Crippen LogP contribution is 2.31. The van der Waals surface area contributed by atoms with Gasteiger partial charge in [0.25, 0.3) is 5.91 Å². The van der Waals surface area contributed by atoms with Gasteiger partial charge in [0, 0.05) is 45.8 Å². The van der Waals surface area contributed by atoms with Crippen molar-refractivity contribution in [2.75, 3.05) is 10.6 Å². The summed E-state index contributed by atoms with van der Waals surface area (Å²) >= 11 is 1.53. The summed E-state index contributed by atoms with van der Waals surface area (Å²) in [5.41, 5.74) is 12.6. The minimum atomic E-state index is -0.344. The van der Waals surface area contributed by atoms with Crippen LogP contribution in [-0.4, -0.2) is 15.9 Å². The minimum Gasteiger partial charge on any atom is -0.331 e. The van der Waals surface area contributed by atoms with E-state index in [0.717, 1.165) is 58.9 Å². The molecule has 4 N–H and O–H groups in total. The zero-order valence-electron chi connectivity index (χ0n) is 21.0. The van der Waals surface area contributed by atoms with Crippen LogP contribution in [0.15, 0.2) is 72.4 Å². The molecule has 0 atom stereocenters. The van der Waals surface area contributed by atoms with Crippen molar-refractivity contribution in [3.8, 4) is 11.3 Å². The number of aryl methyl sites for hydroxylation is 1. The van der Waals surface area contributed by atoms with Crippen LogP contribution in [0.1, 0.15) is 61.0 Å². The Morgan fingerprint density at radius 3 is 2.47 bits per heavy atom. The molecule has 0 aliphatic heterocycles. The Balaban J connectivity index is 1.46. The number of anilines is 3. The second-order valence-corrected chi connectivity index (χ2v) is 9.98. The molecular formula is C29H33N5OS. The Bertz CT molecular complexity index is 1300. The van der Waals surface area contributed by atoms with Gasteiger partial charge in [-0.05, 0) is 67.3 Å². The summed E-state index contributed by atoms with van der Waals surface area (Å²) in [6, 6.07) is 17.4. The number of thiazole rings is 1. The molecule has 0 unspecified atom stereocenters. The van der Waals surface area contributed by atoms with E-state index in [4.69, 9.17) is 5.73 Å². The molecule has 0 radical (unpaired) electrons. The number of hydrogen-bond donors (Lipinski definition) is 3. The molecule has 0 spiro atoms. The van der Waals surface area contributed by atoms with E-state index < -0.39 is 0 Å². The van der Waals surface area contributed by atoms with Crippen LogP contribution in [0.2, 0.25) is 0 Å². The van der Waals surface area contributed by atoms with Crippen molar-refractivity contribution < 1.29 is 4.79 Å². The third kappa shape index (κ3) is 5.98. The van der Waals surface area contributed by atoms with E-state index in [-0.39, 0.29) is 11.4 Å². The molecule has 6 nitrogen and oxygen atoms in total. The highest BCUT2D eigenvalue weighted by atomic mass is 32.1. The summed E-state index contributed by atoms with van der Waals surface area (Å²) < 4.78 is 0. The van der Waals surface area contributed by atoms with Gasteiger partial charge in [-0.3, -0.25) is 9.78 Å². The topological polar surface area (TPSA) is 92.9 Å². The minimum absolute atomic E-state index is 0.155. The Morgan fingerprint density at radius 1 is 1.06 bits per heavy atom. The number of hydrogen-bond acceptors (Lipinski definition) is 6. The largest absolute Gasteiger partial charge is 0.331 e. The Labute approximate surface area is 217 Å². The molecule has 2 aromatic carbocycles. The number of amides is 1. The van der Waals surface area contributed by atoms with E-state index in [1.54, 1.807) is 12.4 Å². The molecule has 186 valence electrons. The SMILES string of the molecule is CCCC(N)(CCC)c1ccc(C(=O)Nc2ccc(C)c(Nc3nc(-c4cccnc4)cs3)c2)cc1. The van der Waals surface area contributed by atoms with Gasteiger partial charge in [-0.15, -0.1) is 11.3 Å². The molecule has 0 fully saturated rings. The number of nitrogens with one attached hydrogen (secondary N) is 2. The maximum absolute atomic E-state index is 13.0. The van der Waals surface area contributed by atoms with Crippen molar-refractivity contribution in [3.63, 3.8) is 0 Å². The number of aromatic nitrogens is 2. The van der Waals surface area contributed by atoms with Gasteiger partial charge in [-0.2, -0.15) is 0 Å². The third-order valence-electron chi connectivity index (χ3n) is 6.31. The average molecular weight is 500 g/mol. The Hall–Kier alpha value is -3.55. The fraction of sp³-hybridized carbons (Fsp3) is 0.276. The first-order valence-corrected chi connectivity index (χ1v) is 13.2. The van der Waals surface area contributed by atoms with Gasteiger partial charge in [0.2, 0.25) is 0 Å². The standard InChI is InChI=1S/C29H33N5OS/c1-4-14-29(30,15-5-2)23-11-9-21(10-12-23)27(35)32-24-13-8-20(3)25(17-24)33-28-34-26(19-36-28)22-7-6-16-31-18-22/h6-13,16-19H,4-5,14-15,30H2,1-3H3,(H,32,35)(H,33,34). The molecule has 0 saturated carbocycles. The maximum atomic E-state index is 13.0. The second kappa shape index (κ2) is 11.5. The molecule has 4 aromatic rings. The fourth-order valence-electron chi connectivity index (χ4n) is 4.39. The van der Waals surface area contributed by atoms with Crippen LogP contribution in [0.5, 0.6) is 0 Å². The summed E-state index contributed by atoms with van der Waals surface area (Å²) in [6.45, 7) is 6.32. The predicted molar refractivity (Wildman–Crippen MR) is 150 cm³/mol. The van der Waals surface area contributed by atoms with E-state index in [1.807, 2.05) is 66.9 Å². The monoisotopic (exact) mass is 499 g/mol. The lowest BCUT2D eigenvalue weighted by Crippen LogP contribution is -2.36. The molecule has 0 bridgehead atoms. The normalized spacial score (nSPS) is 11.3. The molecule has 4 rings (SSSR count). The van der Waals surface area contributed by atoms with E-state index in [0.29, 0.717) is 11.3 Å². The summed E-state index contributed by atoms with van der Waals surface area (Å²) in [5, 5.41) is 9.18. The summed E-state index contributed by atoms with van der Waals surface area (Å²) in [4.78, 5) is 21.8. The summed E-state index contributed by atoms with van der Waals surface area (Å²) in [6.07, 6.45) is 7.44. The third-order valence-corrected chi connectivity index (χ3v) is 7.07. The summed E-state index contributed by atoms with van der Waals surface area (Å²) in [5.74, 6) is -0.155.